The molecule has 0 saturated carbocycles. The highest BCUT2D eigenvalue weighted by Gasteiger charge is 2.01. The van der Waals surface area contributed by atoms with Crippen molar-refractivity contribution in [3.8, 4) is 0 Å². The zero-order valence-electron chi connectivity index (χ0n) is 13.0. The van der Waals surface area contributed by atoms with Gasteiger partial charge in [-0.1, -0.05) is 51.5 Å². The van der Waals surface area contributed by atoms with Crippen LogP contribution >= 0.6 is 11.8 Å². The predicted molar refractivity (Wildman–Crippen MR) is 90.2 cm³/mol. The zero-order chi connectivity index (χ0) is 14.5. The maximum atomic E-state index is 3.75. The number of rotatable bonds is 12. The highest BCUT2D eigenvalue weighted by Crippen LogP contribution is 2.15. The van der Waals surface area contributed by atoms with E-state index in [9.17, 15) is 0 Å². The minimum absolute atomic E-state index is 0.988. The first-order valence-electron chi connectivity index (χ1n) is 8.09. The maximum Gasteiger partial charge on any atom is 0.169 e. The summed E-state index contributed by atoms with van der Waals surface area (Å²) in [6.07, 6.45) is 17.4. The van der Waals surface area contributed by atoms with Crippen LogP contribution in [0.15, 0.2) is 42.1 Å². The number of pyridine rings is 1. The van der Waals surface area contributed by atoms with Crippen molar-refractivity contribution in [2.24, 2.45) is 0 Å². The number of hydrogen-bond donors (Lipinski definition) is 0. The first-order chi connectivity index (χ1) is 9.86. The van der Waals surface area contributed by atoms with Gasteiger partial charge in [0.05, 0.1) is 0 Å². The summed E-state index contributed by atoms with van der Waals surface area (Å²) in [6.45, 7) is 7.18. The summed E-state index contributed by atoms with van der Waals surface area (Å²) in [5.41, 5.74) is 0. The van der Waals surface area contributed by atoms with E-state index in [1.54, 1.807) is 0 Å². The van der Waals surface area contributed by atoms with E-state index in [-0.39, 0.29) is 0 Å². The molecule has 0 fully saturated rings. The molecule has 0 bridgehead atoms. The Bertz CT molecular complexity index is 345. The molecule has 112 valence electrons. The van der Waals surface area contributed by atoms with Gasteiger partial charge in [0.2, 0.25) is 0 Å². The van der Waals surface area contributed by atoms with Crippen LogP contribution in [0.5, 0.6) is 0 Å². The lowest BCUT2D eigenvalue weighted by atomic mass is 10.1. The van der Waals surface area contributed by atoms with Crippen LogP contribution in [-0.4, -0.2) is 5.75 Å². The van der Waals surface area contributed by atoms with E-state index in [1.165, 1.54) is 56.3 Å². The molecule has 0 saturated heterocycles. The van der Waals surface area contributed by atoms with Gasteiger partial charge in [-0.15, -0.1) is 18.3 Å². The molecule has 1 heterocycles. The van der Waals surface area contributed by atoms with E-state index in [0.29, 0.717) is 0 Å². The molecule has 1 rings (SSSR count). The molecule has 0 unspecified atom stereocenters. The van der Waals surface area contributed by atoms with Crippen LogP contribution in [-0.2, 0) is 6.54 Å². The summed E-state index contributed by atoms with van der Waals surface area (Å²) in [7, 11) is 0. The third-order valence-corrected chi connectivity index (χ3v) is 4.51. The summed E-state index contributed by atoms with van der Waals surface area (Å²) in [5.74, 6) is 0.988. The highest BCUT2D eigenvalue weighted by atomic mass is 32.2. The fourth-order valence-electron chi connectivity index (χ4n) is 2.27. The minimum atomic E-state index is 0.988. The summed E-state index contributed by atoms with van der Waals surface area (Å²) in [5, 5.41) is 0. The zero-order valence-corrected chi connectivity index (χ0v) is 13.8. The van der Waals surface area contributed by atoms with E-state index in [2.05, 4.69) is 42.6 Å². The van der Waals surface area contributed by atoms with E-state index >= 15 is 0 Å². The highest BCUT2D eigenvalue weighted by molar-refractivity contribution is 7.99. The molecule has 0 aromatic carbocycles. The fourth-order valence-corrected chi connectivity index (χ4v) is 2.90. The lowest BCUT2D eigenvalue weighted by molar-refractivity contribution is -0.697. The Balaban J connectivity index is 2.05. The van der Waals surface area contributed by atoms with Crippen LogP contribution in [0, 0.1) is 0 Å². The number of aryl methyl sites for hydroxylation is 1. The summed E-state index contributed by atoms with van der Waals surface area (Å²) in [6, 6.07) is 4.41. The molecule has 0 aliphatic heterocycles. The second-order valence-corrected chi connectivity index (χ2v) is 6.44. The van der Waals surface area contributed by atoms with Crippen LogP contribution < -0.4 is 4.57 Å². The Kier molecular flexibility index (Phi) is 10.4. The summed E-state index contributed by atoms with van der Waals surface area (Å²) < 4.78 is 2.30. The van der Waals surface area contributed by atoms with Crippen molar-refractivity contribution < 1.29 is 4.57 Å². The fraction of sp³-hybridized carbons (Fsp3) is 0.611. The monoisotopic (exact) mass is 292 g/mol. The lowest BCUT2D eigenvalue weighted by Gasteiger charge is -2.01. The lowest BCUT2D eigenvalue weighted by Crippen LogP contribution is -2.32. The third kappa shape index (κ3) is 8.42. The van der Waals surface area contributed by atoms with Crippen molar-refractivity contribution >= 4 is 11.8 Å². The summed E-state index contributed by atoms with van der Waals surface area (Å²) >= 11 is 1.84. The number of unbranched alkanes of at least 4 members (excludes halogenated alkanes) is 7. The molecule has 0 radical (unpaired) electrons. The second-order valence-electron chi connectivity index (χ2n) is 5.35. The molecule has 0 N–H and O–H groups in total. The van der Waals surface area contributed by atoms with Crippen LogP contribution in [0.4, 0.5) is 0 Å². The molecule has 0 spiro atoms. The Hall–Kier alpha value is -0.760. The summed E-state index contributed by atoms with van der Waals surface area (Å²) in [4.78, 5) is 1.33. The molecular formula is C18H30NS+. The van der Waals surface area contributed by atoms with Crippen molar-refractivity contribution in [3.05, 3.63) is 37.2 Å². The van der Waals surface area contributed by atoms with Gasteiger partial charge < -0.3 is 0 Å². The van der Waals surface area contributed by atoms with Gasteiger partial charge in [-0.3, -0.25) is 0 Å². The molecule has 0 amide bonds. The smallest absolute Gasteiger partial charge is 0.169 e. The Morgan fingerprint density at radius 1 is 1.00 bits per heavy atom. The Labute approximate surface area is 129 Å². The van der Waals surface area contributed by atoms with Crippen LogP contribution in [0.1, 0.15) is 58.3 Å². The number of thioether (sulfide) groups is 1. The standard InChI is InChI=1S/C18H30NS/c1-3-5-6-7-8-9-10-11-14-19-15-12-18(13-16-19)20-17-4-2/h4,12-13,15-16H,2-3,5-11,14,17H2,1H3/q+1. The van der Waals surface area contributed by atoms with Gasteiger partial charge in [-0.25, -0.2) is 4.57 Å². The average molecular weight is 293 g/mol. The Morgan fingerprint density at radius 3 is 2.20 bits per heavy atom. The quantitative estimate of drug-likeness (QED) is 0.216. The van der Waals surface area contributed by atoms with Crippen molar-refractivity contribution in [1.82, 2.24) is 0 Å². The van der Waals surface area contributed by atoms with Crippen molar-refractivity contribution in [2.75, 3.05) is 5.75 Å². The van der Waals surface area contributed by atoms with Crippen molar-refractivity contribution in [2.45, 2.75) is 69.7 Å². The van der Waals surface area contributed by atoms with E-state index in [0.717, 1.165) is 12.3 Å². The third-order valence-electron chi connectivity index (χ3n) is 3.50. The maximum absolute atomic E-state index is 3.75. The first kappa shape index (κ1) is 17.3. The average Bonchev–Trinajstić information content (AvgIpc) is 2.49. The van der Waals surface area contributed by atoms with Gasteiger partial charge in [0.1, 0.15) is 6.54 Å². The SMILES string of the molecule is C=CCSc1cc[n+](CCCCCCCCCC)cc1. The second kappa shape index (κ2) is 12.0. The van der Waals surface area contributed by atoms with Crippen LogP contribution in [0.25, 0.3) is 0 Å². The molecule has 0 atom stereocenters. The van der Waals surface area contributed by atoms with E-state index in [1.807, 2.05) is 17.8 Å². The van der Waals surface area contributed by atoms with E-state index < -0.39 is 0 Å². The molecule has 2 heteroatoms. The molecule has 0 aliphatic carbocycles. The molecule has 0 aliphatic rings. The molecule has 1 aromatic rings. The van der Waals surface area contributed by atoms with Crippen molar-refractivity contribution in [1.29, 1.82) is 0 Å². The first-order valence-corrected chi connectivity index (χ1v) is 9.08. The van der Waals surface area contributed by atoms with Gasteiger partial charge in [-0.05, 0) is 6.42 Å². The predicted octanol–water partition coefficient (Wildman–Crippen LogP) is 5.39. The van der Waals surface area contributed by atoms with Crippen LogP contribution in [0.2, 0.25) is 0 Å². The van der Waals surface area contributed by atoms with Crippen LogP contribution in [0.3, 0.4) is 0 Å². The van der Waals surface area contributed by atoms with Crippen molar-refractivity contribution in [3.63, 3.8) is 0 Å². The van der Waals surface area contributed by atoms with E-state index in [4.69, 9.17) is 0 Å². The molecule has 1 aromatic heterocycles. The minimum Gasteiger partial charge on any atom is -0.205 e. The molecule has 1 nitrogen and oxygen atoms in total. The molecular weight excluding hydrogens is 262 g/mol. The largest absolute Gasteiger partial charge is 0.205 e. The molecule has 20 heavy (non-hydrogen) atoms. The van der Waals surface area contributed by atoms with Gasteiger partial charge in [-0.2, -0.15) is 0 Å². The topological polar surface area (TPSA) is 3.88 Å². The number of aromatic nitrogens is 1. The number of nitrogens with zero attached hydrogens (tertiary/aromatic N) is 1. The normalized spacial score (nSPS) is 10.7. The number of hydrogen-bond acceptors (Lipinski definition) is 1. The van der Waals surface area contributed by atoms with Gasteiger partial charge in [0, 0.05) is 29.2 Å². The van der Waals surface area contributed by atoms with Gasteiger partial charge in [0.25, 0.3) is 0 Å². The Morgan fingerprint density at radius 2 is 1.60 bits per heavy atom. The van der Waals surface area contributed by atoms with Gasteiger partial charge >= 0.3 is 0 Å². The van der Waals surface area contributed by atoms with Gasteiger partial charge in [0.15, 0.2) is 12.4 Å².